The summed E-state index contributed by atoms with van der Waals surface area (Å²) in [5, 5.41) is 0.603. The monoisotopic (exact) mass is 378 g/mol. The molecule has 5 nitrogen and oxygen atoms in total. The van der Waals surface area contributed by atoms with Crippen molar-refractivity contribution >= 4 is 44.8 Å². The number of rotatable bonds is 4. The molecule has 1 fully saturated rings. The summed E-state index contributed by atoms with van der Waals surface area (Å²) in [5.74, 6) is 0.214. The van der Waals surface area contributed by atoms with Gasteiger partial charge in [0, 0.05) is 18.1 Å². The summed E-state index contributed by atoms with van der Waals surface area (Å²) in [6.45, 7) is 3.15. The molecule has 0 aromatic heterocycles. The van der Waals surface area contributed by atoms with E-state index in [1.54, 1.807) is 11.0 Å². The minimum absolute atomic E-state index is 0.197. The number of likely N-dealkylation sites (tertiary alicyclic amines) is 1. The van der Waals surface area contributed by atoms with E-state index in [4.69, 9.17) is 23.2 Å². The zero-order chi connectivity index (χ0) is 17.2. The normalized spacial score (nSPS) is 18.8. The average molecular weight is 379 g/mol. The van der Waals surface area contributed by atoms with E-state index in [1.165, 1.54) is 12.1 Å². The lowest BCUT2D eigenvalue weighted by Gasteiger charge is -2.33. The van der Waals surface area contributed by atoms with Gasteiger partial charge in [0.2, 0.25) is 15.9 Å². The Hall–Kier alpha value is -0.980. The molecule has 0 aliphatic carbocycles. The molecule has 1 amide bonds. The number of sulfonamides is 1. The van der Waals surface area contributed by atoms with Gasteiger partial charge in [-0.1, -0.05) is 30.1 Å². The maximum absolute atomic E-state index is 12.5. The molecule has 1 atom stereocenters. The van der Waals surface area contributed by atoms with Gasteiger partial charge in [0.15, 0.2) is 0 Å². The molecule has 0 bridgehead atoms. The Balaban J connectivity index is 2.24. The molecule has 2 rings (SSSR count). The Morgan fingerprint density at radius 3 is 2.65 bits per heavy atom. The molecule has 23 heavy (non-hydrogen) atoms. The van der Waals surface area contributed by atoms with Crippen LogP contribution in [-0.2, 0) is 14.8 Å². The number of nitrogens with zero attached hydrogens (tertiary/aromatic N) is 2. The van der Waals surface area contributed by atoms with E-state index in [2.05, 4.69) is 6.92 Å². The molecule has 1 heterocycles. The van der Waals surface area contributed by atoms with Crippen LogP contribution in [0, 0.1) is 5.92 Å². The fourth-order valence-electron chi connectivity index (χ4n) is 2.70. The molecule has 8 heteroatoms. The second kappa shape index (κ2) is 7.28. The van der Waals surface area contributed by atoms with Crippen molar-refractivity contribution < 1.29 is 13.2 Å². The highest BCUT2D eigenvalue weighted by molar-refractivity contribution is 7.92. The summed E-state index contributed by atoms with van der Waals surface area (Å²) in [5.41, 5.74) is 0.261. The van der Waals surface area contributed by atoms with E-state index in [0.717, 1.165) is 23.4 Å². The molecule has 1 aliphatic heterocycles. The van der Waals surface area contributed by atoms with Crippen LogP contribution in [-0.4, -0.2) is 45.1 Å². The van der Waals surface area contributed by atoms with Crippen molar-refractivity contribution in [2.24, 2.45) is 5.92 Å². The summed E-state index contributed by atoms with van der Waals surface area (Å²) < 4.78 is 25.3. The van der Waals surface area contributed by atoms with Crippen LogP contribution < -0.4 is 4.31 Å². The van der Waals surface area contributed by atoms with Gasteiger partial charge >= 0.3 is 0 Å². The van der Waals surface area contributed by atoms with Crippen LogP contribution in [0.25, 0.3) is 0 Å². The van der Waals surface area contributed by atoms with E-state index in [0.29, 0.717) is 24.0 Å². The van der Waals surface area contributed by atoms with Gasteiger partial charge in [0.05, 0.1) is 17.0 Å². The highest BCUT2D eigenvalue weighted by Crippen LogP contribution is 2.30. The second-order valence-electron chi connectivity index (χ2n) is 5.95. The quantitative estimate of drug-likeness (QED) is 0.808. The first kappa shape index (κ1) is 18.4. The topological polar surface area (TPSA) is 57.7 Å². The van der Waals surface area contributed by atoms with Crippen molar-refractivity contribution in [2.75, 3.05) is 30.2 Å². The Kier molecular flexibility index (Phi) is 5.81. The minimum Gasteiger partial charge on any atom is -0.341 e. The van der Waals surface area contributed by atoms with Crippen LogP contribution in [0.15, 0.2) is 18.2 Å². The highest BCUT2D eigenvalue weighted by atomic mass is 35.5. The number of amides is 1. The number of carbonyl (C=O) groups excluding carboxylic acids is 1. The van der Waals surface area contributed by atoms with Crippen LogP contribution in [0.3, 0.4) is 0 Å². The molecule has 128 valence electrons. The zero-order valence-corrected chi connectivity index (χ0v) is 15.5. The number of anilines is 1. The summed E-state index contributed by atoms with van der Waals surface area (Å²) in [6, 6.07) is 4.52. The number of piperidine rings is 1. The Morgan fingerprint density at radius 1 is 1.39 bits per heavy atom. The molecule has 1 saturated heterocycles. The molecule has 1 aromatic carbocycles. The van der Waals surface area contributed by atoms with Crippen molar-refractivity contribution in [3.05, 3.63) is 28.2 Å². The van der Waals surface area contributed by atoms with Crippen molar-refractivity contribution in [3.8, 4) is 0 Å². The number of hydrogen-bond donors (Lipinski definition) is 0. The second-order valence-corrected chi connectivity index (χ2v) is 8.70. The predicted octanol–water partition coefficient (Wildman–Crippen LogP) is 3.02. The maximum Gasteiger partial charge on any atom is 0.243 e. The van der Waals surface area contributed by atoms with Crippen LogP contribution in [0.5, 0.6) is 0 Å². The molecule has 0 N–H and O–H groups in total. The molecule has 1 aliphatic rings. The summed E-state index contributed by atoms with van der Waals surface area (Å²) in [6.07, 6.45) is 3.08. The van der Waals surface area contributed by atoms with E-state index < -0.39 is 10.0 Å². The average Bonchev–Trinajstić information content (AvgIpc) is 2.44. The van der Waals surface area contributed by atoms with Gasteiger partial charge in [-0.05, 0) is 37.0 Å². The third kappa shape index (κ3) is 4.75. The first-order valence-electron chi connectivity index (χ1n) is 7.39. The van der Waals surface area contributed by atoms with Crippen LogP contribution in [0.1, 0.15) is 19.8 Å². The largest absolute Gasteiger partial charge is 0.341 e. The van der Waals surface area contributed by atoms with Crippen LogP contribution in [0.4, 0.5) is 5.69 Å². The van der Waals surface area contributed by atoms with Crippen molar-refractivity contribution in [3.63, 3.8) is 0 Å². The van der Waals surface area contributed by atoms with Gasteiger partial charge in [0.1, 0.15) is 6.54 Å². The molecule has 0 saturated carbocycles. The van der Waals surface area contributed by atoms with Gasteiger partial charge in [-0.2, -0.15) is 0 Å². The zero-order valence-electron chi connectivity index (χ0n) is 13.1. The Bertz CT molecular complexity index is 694. The lowest BCUT2D eigenvalue weighted by molar-refractivity contribution is -0.131. The summed E-state index contributed by atoms with van der Waals surface area (Å²) in [7, 11) is -3.64. The van der Waals surface area contributed by atoms with Gasteiger partial charge in [-0.15, -0.1) is 0 Å². The van der Waals surface area contributed by atoms with Crippen molar-refractivity contribution in [1.82, 2.24) is 4.90 Å². The molecule has 1 aromatic rings. The third-order valence-electron chi connectivity index (χ3n) is 3.87. The lowest BCUT2D eigenvalue weighted by atomic mass is 10.0. The number of benzene rings is 1. The smallest absolute Gasteiger partial charge is 0.243 e. The van der Waals surface area contributed by atoms with E-state index in [9.17, 15) is 13.2 Å². The Morgan fingerprint density at radius 2 is 2.09 bits per heavy atom. The lowest BCUT2D eigenvalue weighted by Crippen LogP contribution is -2.46. The fourth-order valence-corrected chi connectivity index (χ4v) is 4.13. The third-order valence-corrected chi connectivity index (χ3v) is 5.53. The van der Waals surface area contributed by atoms with Crippen LogP contribution in [0.2, 0.25) is 10.0 Å². The van der Waals surface area contributed by atoms with Crippen molar-refractivity contribution in [2.45, 2.75) is 19.8 Å². The molecule has 0 radical (unpaired) electrons. The van der Waals surface area contributed by atoms with Crippen LogP contribution >= 0.6 is 23.2 Å². The highest BCUT2D eigenvalue weighted by Gasteiger charge is 2.27. The fraction of sp³-hybridized carbons (Fsp3) is 0.533. The molecular formula is C15H20Cl2N2O3S. The van der Waals surface area contributed by atoms with E-state index >= 15 is 0 Å². The Labute approximate surface area is 147 Å². The first-order valence-corrected chi connectivity index (χ1v) is 9.99. The minimum atomic E-state index is -3.64. The van der Waals surface area contributed by atoms with Gasteiger partial charge in [-0.3, -0.25) is 9.10 Å². The first-order chi connectivity index (χ1) is 10.7. The van der Waals surface area contributed by atoms with Crippen molar-refractivity contribution in [1.29, 1.82) is 0 Å². The number of halogens is 2. The van der Waals surface area contributed by atoms with Gasteiger partial charge in [-0.25, -0.2) is 8.42 Å². The molecule has 1 unspecified atom stereocenters. The predicted molar refractivity (Wildman–Crippen MR) is 93.6 cm³/mol. The van der Waals surface area contributed by atoms with E-state index in [1.807, 2.05) is 0 Å². The maximum atomic E-state index is 12.5. The number of hydrogen-bond acceptors (Lipinski definition) is 3. The summed E-state index contributed by atoms with van der Waals surface area (Å²) in [4.78, 5) is 14.2. The van der Waals surface area contributed by atoms with E-state index in [-0.39, 0.29) is 23.2 Å². The summed E-state index contributed by atoms with van der Waals surface area (Å²) >= 11 is 12.0. The number of carbonyl (C=O) groups is 1. The molecule has 0 spiro atoms. The SMILES string of the molecule is CC1CCCN(C(=O)CN(c2ccc(Cl)cc2Cl)S(C)(=O)=O)C1. The standard InChI is InChI=1S/C15H20Cl2N2O3S/c1-11-4-3-7-18(9-11)15(20)10-19(23(2,21)22)14-6-5-12(16)8-13(14)17/h5-6,8,11H,3-4,7,9-10H2,1-2H3. The molecular weight excluding hydrogens is 359 g/mol. The van der Waals surface area contributed by atoms with Gasteiger partial charge < -0.3 is 4.90 Å². The van der Waals surface area contributed by atoms with Gasteiger partial charge in [0.25, 0.3) is 0 Å².